The monoisotopic (exact) mass is 229 g/mol. The molecule has 0 aliphatic rings. The normalized spacial score (nSPS) is 10.1. The molecule has 16 heavy (non-hydrogen) atoms. The SMILES string of the molecule is [CH2]CCCOC(=O)OCCCCCCCC. The Morgan fingerprint density at radius 1 is 0.938 bits per heavy atom. The average Bonchev–Trinajstić information content (AvgIpc) is 2.28. The van der Waals surface area contributed by atoms with E-state index in [1.807, 2.05) is 0 Å². The molecule has 95 valence electrons. The van der Waals surface area contributed by atoms with Gasteiger partial charge in [-0.1, -0.05) is 52.4 Å². The molecule has 0 fully saturated rings. The first-order chi connectivity index (χ1) is 7.81. The van der Waals surface area contributed by atoms with Crippen molar-refractivity contribution in [2.45, 2.75) is 58.3 Å². The summed E-state index contributed by atoms with van der Waals surface area (Å²) in [6, 6.07) is 0. The largest absolute Gasteiger partial charge is 0.508 e. The maximum Gasteiger partial charge on any atom is 0.508 e. The number of unbranched alkanes of at least 4 members (excludes halogenated alkanes) is 6. The molecular weight excluding hydrogens is 204 g/mol. The van der Waals surface area contributed by atoms with Crippen molar-refractivity contribution in [2.24, 2.45) is 0 Å². The van der Waals surface area contributed by atoms with Crippen LogP contribution in [0.3, 0.4) is 0 Å². The summed E-state index contributed by atoms with van der Waals surface area (Å²) in [6.07, 6.45) is 8.18. The number of hydrogen-bond acceptors (Lipinski definition) is 3. The number of carbonyl (C=O) groups excluding carboxylic acids is 1. The van der Waals surface area contributed by atoms with Gasteiger partial charge in [-0.05, 0) is 12.8 Å². The highest BCUT2D eigenvalue weighted by Gasteiger charge is 2.01. The summed E-state index contributed by atoms with van der Waals surface area (Å²) in [7, 11) is 0. The zero-order valence-corrected chi connectivity index (χ0v) is 10.5. The third-order valence-corrected chi connectivity index (χ3v) is 2.33. The highest BCUT2D eigenvalue weighted by molar-refractivity contribution is 5.59. The smallest absolute Gasteiger partial charge is 0.434 e. The Hall–Kier alpha value is -0.730. The minimum absolute atomic E-state index is 0.416. The van der Waals surface area contributed by atoms with Crippen molar-refractivity contribution >= 4 is 6.16 Å². The van der Waals surface area contributed by atoms with Gasteiger partial charge in [-0.25, -0.2) is 4.79 Å². The summed E-state index contributed by atoms with van der Waals surface area (Å²) in [5.41, 5.74) is 0. The molecule has 0 aromatic rings. The lowest BCUT2D eigenvalue weighted by molar-refractivity contribution is 0.0535. The number of hydrogen-bond donors (Lipinski definition) is 0. The quantitative estimate of drug-likeness (QED) is 0.417. The standard InChI is InChI=1S/C13H25O3/c1-3-5-7-8-9-10-12-16-13(14)15-11-6-4-2/h2-12H2,1H3. The van der Waals surface area contributed by atoms with Gasteiger partial charge in [0.1, 0.15) is 0 Å². The number of ether oxygens (including phenoxy) is 2. The fourth-order valence-electron chi connectivity index (χ4n) is 1.34. The van der Waals surface area contributed by atoms with E-state index in [9.17, 15) is 4.79 Å². The van der Waals surface area contributed by atoms with Gasteiger partial charge >= 0.3 is 6.16 Å². The highest BCUT2D eigenvalue weighted by Crippen LogP contribution is 2.05. The Morgan fingerprint density at radius 2 is 1.50 bits per heavy atom. The van der Waals surface area contributed by atoms with Crippen molar-refractivity contribution in [3.8, 4) is 0 Å². The molecule has 0 aromatic carbocycles. The van der Waals surface area contributed by atoms with Crippen LogP contribution in [0.2, 0.25) is 0 Å². The molecule has 0 bridgehead atoms. The van der Waals surface area contributed by atoms with Gasteiger partial charge in [0.15, 0.2) is 0 Å². The molecule has 3 nitrogen and oxygen atoms in total. The Balaban J connectivity index is 3.09. The predicted molar refractivity (Wildman–Crippen MR) is 65.3 cm³/mol. The van der Waals surface area contributed by atoms with E-state index in [0.717, 1.165) is 25.7 Å². The molecule has 0 saturated heterocycles. The van der Waals surface area contributed by atoms with E-state index < -0.39 is 6.16 Å². The molecule has 1 radical (unpaired) electrons. The summed E-state index contributed by atoms with van der Waals surface area (Å²) >= 11 is 0. The van der Waals surface area contributed by atoms with Gasteiger partial charge in [0.05, 0.1) is 13.2 Å². The Bertz CT molecular complexity index is 157. The third kappa shape index (κ3) is 11.3. The molecule has 0 N–H and O–H groups in total. The minimum atomic E-state index is -0.540. The molecule has 0 heterocycles. The number of rotatable bonds is 10. The van der Waals surface area contributed by atoms with Crippen LogP contribution in [0, 0.1) is 6.92 Å². The first-order valence-electron chi connectivity index (χ1n) is 6.40. The Kier molecular flexibility index (Phi) is 11.8. The average molecular weight is 229 g/mol. The first kappa shape index (κ1) is 15.3. The molecule has 0 saturated carbocycles. The fraction of sp³-hybridized carbons (Fsp3) is 0.846. The predicted octanol–water partition coefficient (Wildman–Crippen LogP) is 4.11. The van der Waals surface area contributed by atoms with Gasteiger partial charge in [0, 0.05) is 0 Å². The molecule has 0 atom stereocenters. The van der Waals surface area contributed by atoms with Crippen molar-refractivity contribution in [3.05, 3.63) is 6.92 Å². The van der Waals surface area contributed by atoms with Gasteiger partial charge in [0.2, 0.25) is 0 Å². The molecule has 0 rings (SSSR count). The van der Waals surface area contributed by atoms with Crippen molar-refractivity contribution in [2.75, 3.05) is 13.2 Å². The Labute approximate surface area is 99.5 Å². The lowest BCUT2D eigenvalue weighted by Gasteiger charge is -2.05. The molecule has 0 aromatic heterocycles. The molecule has 0 aliphatic carbocycles. The van der Waals surface area contributed by atoms with Crippen LogP contribution in [-0.2, 0) is 9.47 Å². The second kappa shape index (κ2) is 12.3. The zero-order chi connectivity index (χ0) is 12.1. The van der Waals surface area contributed by atoms with E-state index in [4.69, 9.17) is 9.47 Å². The van der Waals surface area contributed by atoms with Crippen molar-refractivity contribution < 1.29 is 14.3 Å². The first-order valence-corrected chi connectivity index (χ1v) is 6.40. The lowest BCUT2D eigenvalue weighted by atomic mass is 10.1. The molecule has 0 amide bonds. The summed E-state index contributed by atoms with van der Waals surface area (Å²) in [5, 5.41) is 0. The Morgan fingerprint density at radius 3 is 2.12 bits per heavy atom. The summed E-state index contributed by atoms with van der Waals surface area (Å²) < 4.78 is 9.74. The van der Waals surface area contributed by atoms with Gasteiger partial charge in [0.25, 0.3) is 0 Å². The maximum absolute atomic E-state index is 11.0. The summed E-state index contributed by atoms with van der Waals surface area (Å²) in [4.78, 5) is 11.0. The van der Waals surface area contributed by atoms with Gasteiger partial charge in [-0.2, -0.15) is 0 Å². The van der Waals surface area contributed by atoms with Crippen molar-refractivity contribution in [1.29, 1.82) is 0 Å². The van der Waals surface area contributed by atoms with E-state index >= 15 is 0 Å². The van der Waals surface area contributed by atoms with Crippen molar-refractivity contribution in [3.63, 3.8) is 0 Å². The van der Waals surface area contributed by atoms with E-state index in [1.54, 1.807) is 0 Å². The molecule has 0 aliphatic heterocycles. The van der Waals surface area contributed by atoms with E-state index in [0.29, 0.717) is 13.2 Å². The van der Waals surface area contributed by atoms with Crippen LogP contribution >= 0.6 is 0 Å². The van der Waals surface area contributed by atoms with Crippen LogP contribution in [0.4, 0.5) is 4.79 Å². The van der Waals surface area contributed by atoms with Gasteiger partial charge in [-0.3, -0.25) is 0 Å². The summed E-state index contributed by atoms with van der Waals surface area (Å²) in [6.45, 7) is 6.76. The summed E-state index contributed by atoms with van der Waals surface area (Å²) in [5.74, 6) is 0. The molecule has 0 unspecified atom stereocenters. The number of carbonyl (C=O) groups is 1. The lowest BCUT2D eigenvalue weighted by Crippen LogP contribution is -2.09. The molecular formula is C13H25O3. The van der Waals surface area contributed by atoms with Gasteiger partial charge < -0.3 is 9.47 Å². The highest BCUT2D eigenvalue weighted by atomic mass is 16.7. The van der Waals surface area contributed by atoms with E-state index in [-0.39, 0.29) is 0 Å². The second-order valence-electron chi connectivity index (χ2n) is 3.92. The van der Waals surface area contributed by atoms with Crippen LogP contribution in [-0.4, -0.2) is 19.4 Å². The van der Waals surface area contributed by atoms with E-state index in [1.165, 1.54) is 25.7 Å². The van der Waals surface area contributed by atoms with Crippen LogP contribution < -0.4 is 0 Å². The van der Waals surface area contributed by atoms with E-state index in [2.05, 4.69) is 13.8 Å². The maximum atomic E-state index is 11.0. The van der Waals surface area contributed by atoms with Crippen molar-refractivity contribution in [1.82, 2.24) is 0 Å². The molecule has 3 heteroatoms. The molecule has 0 spiro atoms. The topological polar surface area (TPSA) is 35.5 Å². The fourth-order valence-corrected chi connectivity index (χ4v) is 1.34. The zero-order valence-electron chi connectivity index (χ0n) is 10.5. The van der Waals surface area contributed by atoms with Crippen LogP contribution in [0.1, 0.15) is 58.3 Å². The van der Waals surface area contributed by atoms with Crippen LogP contribution in [0.15, 0.2) is 0 Å². The van der Waals surface area contributed by atoms with Gasteiger partial charge in [-0.15, -0.1) is 0 Å². The minimum Gasteiger partial charge on any atom is -0.434 e. The van der Waals surface area contributed by atoms with Crippen LogP contribution in [0.5, 0.6) is 0 Å². The van der Waals surface area contributed by atoms with Crippen LogP contribution in [0.25, 0.3) is 0 Å². The second-order valence-corrected chi connectivity index (χ2v) is 3.92. The third-order valence-electron chi connectivity index (χ3n) is 2.33.